The predicted octanol–water partition coefficient (Wildman–Crippen LogP) is 1.80. The molecule has 7 nitrogen and oxygen atoms in total. The molecule has 1 aromatic heterocycles. The summed E-state index contributed by atoms with van der Waals surface area (Å²) in [6.45, 7) is 1.88. The van der Waals surface area contributed by atoms with Crippen LogP contribution in [0.1, 0.15) is 37.4 Å². The molecule has 1 aliphatic carbocycles. The molecular formula is C16H17N5O2. The Labute approximate surface area is 132 Å². The van der Waals surface area contributed by atoms with E-state index in [4.69, 9.17) is 0 Å². The summed E-state index contributed by atoms with van der Waals surface area (Å²) in [4.78, 5) is 21.1. The Morgan fingerprint density at radius 3 is 2.65 bits per heavy atom. The molecule has 1 fully saturated rings. The SMILES string of the molecule is Cc1[nH]n(C2CCCC2)c2nc(-c3cc[n+]([O-])cc3)nc(=O)c1-2. The summed E-state index contributed by atoms with van der Waals surface area (Å²) in [5.41, 5.74) is 1.73. The van der Waals surface area contributed by atoms with Crippen LogP contribution >= 0.6 is 0 Å². The van der Waals surface area contributed by atoms with Crippen molar-refractivity contribution in [3.05, 3.63) is 45.8 Å². The van der Waals surface area contributed by atoms with Gasteiger partial charge in [-0.15, -0.1) is 0 Å². The summed E-state index contributed by atoms with van der Waals surface area (Å²) < 4.78 is 2.71. The van der Waals surface area contributed by atoms with Crippen LogP contribution in [-0.4, -0.2) is 19.7 Å². The number of rotatable bonds is 2. The van der Waals surface area contributed by atoms with Crippen molar-refractivity contribution in [2.24, 2.45) is 0 Å². The fourth-order valence-corrected chi connectivity index (χ4v) is 3.34. The highest BCUT2D eigenvalue weighted by Crippen LogP contribution is 2.33. The Hall–Kier alpha value is -2.70. The van der Waals surface area contributed by atoms with Gasteiger partial charge in [-0.1, -0.05) is 12.8 Å². The fourth-order valence-electron chi connectivity index (χ4n) is 3.34. The zero-order chi connectivity index (χ0) is 16.0. The summed E-state index contributed by atoms with van der Waals surface area (Å²) in [6, 6.07) is 3.59. The molecule has 1 N–H and O–H groups in total. The van der Waals surface area contributed by atoms with Crippen molar-refractivity contribution in [2.45, 2.75) is 38.6 Å². The lowest BCUT2D eigenvalue weighted by Crippen LogP contribution is -2.23. The minimum atomic E-state index is -0.283. The van der Waals surface area contributed by atoms with Crippen LogP contribution in [0, 0.1) is 12.1 Å². The number of hydrogen-bond acceptors (Lipinski definition) is 4. The topological polar surface area (TPSA) is 90.5 Å². The first kappa shape index (κ1) is 13.9. The standard InChI is InChI=1S/C16H17N5O2/c1-10-13-15(21(19-10)12-4-2-3-5-12)17-14(18-16(13)22)11-6-8-20(23)9-7-11/h6-9,12,19H,2-5H2,1H3. The molecule has 0 atom stereocenters. The van der Waals surface area contributed by atoms with Crippen LogP contribution in [0.4, 0.5) is 0 Å². The molecular weight excluding hydrogens is 294 g/mol. The van der Waals surface area contributed by atoms with Gasteiger partial charge < -0.3 is 10.3 Å². The Morgan fingerprint density at radius 1 is 1.26 bits per heavy atom. The first-order valence-electron chi connectivity index (χ1n) is 7.81. The Kier molecular flexibility index (Phi) is 3.14. The van der Waals surface area contributed by atoms with Crippen LogP contribution in [0.2, 0.25) is 0 Å². The molecule has 0 bridgehead atoms. The average Bonchev–Trinajstić information content (AvgIpc) is 3.16. The van der Waals surface area contributed by atoms with Gasteiger partial charge in [-0.05, 0) is 19.8 Å². The molecule has 1 aromatic rings. The zero-order valence-corrected chi connectivity index (χ0v) is 12.8. The molecule has 0 aromatic carbocycles. The second-order valence-corrected chi connectivity index (χ2v) is 6.04. The van der Waals surface area contributed by atoms with Crippen LogP contribution < -0.4 is 10.3 Å². The number of H-pyrrole nitrogens is 1. The predicted molar refractivity (Wildman–Crippen MR) is 83.9 cm³/mol. The van der Waals surface area contributed by atoms with Gasteiger partial charge in [0, 0.05) is 23.4 Å². The normalized spacial score (nSPS) is 15.5. The molecule has 0 saturated heterocycles. The summed E-state index contributed by atoms with van der Waals surface area (Å²) in [5.74, 6) is 1.01. The van der Waals surface area contributed by atoms with Gasteiger partial charge in [0.15, 0.2) is 24.0 Å². The van der Waals surface area contributed by atoms with Gasteiger partial charge in [-0.25, -0.2) is 4.98 Å². The zero-order valence-electron chi connectivity index (χ0n) is 12.8. The first-order chi connectivity index (χ1) is 11.1. The molecule has 3 heterocycles. The van der Waals surface area contributed by atoms with Gasteiger partial charge in [0.05, 0.1) is 6.04 Å². The van der Waals surface area contributed by atoms with Crippen molar-refractivity contribution in [2.75, 3.05) is 0 Å². The first-order valence-corrected chi connectivity index (χ1v) is 7.81. The van der Waals surface area contributed by atoms with E-state index in [1.807, 2.05) is 11.6 Å². The lowest BCUT2D eigenvalue weighted by molar-refractivity contribution is -0.605. The minimum absolute atomic E-state index is 0.283. The van der Waals surface area contributed by atoms with E-state index < -0.39 is 0 Å². The van der Waals surface area contributed by atoms with Crippen LogP contribution in [0.15, 0.2) is 29.3 Å². The van der Waals surface area contributed by atoms with Gasteiger partial charge >= 0.3 is 0 Å². The molecule has 3 aliphatic rings. The van der Waals surface area contributed by atoms with Crippen molar-refractivity contribution < 1.29 is 4.73 Å². The number of fused-ring (bicyclic) bond motifs is 1. The van der Waals surface area contributed by atoms with Crippen molar-refractivity contribution in [1.82, 2.24) is 19.7 Å². The van der Waals surface area contributed by atoms with E-state index in [0.29, 0.717) is 33.5 Å². The monoisotopic (exact) mass is 311 g/mol. The average molecular weight is 311 g/mol. The van der Waals surface area contributed by atoms with E-state index in [-0.39, 0.29) is 5.56 Å². The number of nitrogens with one attached hydrogen (secondary N) is 1. The Balaban J connectivity index is 1.90. The van der Waals surface area contributed by atoms with Crippen LogP contribution in [-0.2, 0) is 0 Å². The van der Waals surface area contributed by atoms with Gasteiger partial charge in [0.1, 0.15) is 5.56 Å². The third-order valence-electron chi connectivity index (χ3n) is 4.50. The number of aryl methyl sites for hydroxylation is 1. The second-order valence-electron chi connectivity index (χ2n) is 6.04. The van der Waals surface area contributed by atoms with E-state index in [0.717, 1.165) is 18.5 Å². The third kappa shape index (κ3) is 2.28. The van der Waals surface area contributed by atoms with Crippen molar-refractivity contribution in [3.8, 4) is 22.8 Å². The summed E-state index contributed by atoms with van der Waals surface area (Å²) in [6.07, 6.45) is 7.33. The quantitative estimate of drug-likeness (QED) is 0.577. The molecule has 0 radical (unpaired) electrons. The van der Waals surface area contributed by atoms with Gasteiger partial charge in [-0.2, -0.15) is 9.71 Å². The maximum absolute atomic E-state index is 12.4. The van der Waals surface area contributed by atoms with Gasteiger partial charge in [0.25, 0.3) is 5.56 Å². The van der Waals surface area contributed by atoms with E-state index in [9.17, 15) is 10.0 Å². The number of nitrogens with zero attached hydrogens (tertiary/aromatic N) is 4. The van der Waals surface area contributed by atoms with Crippen LogP contribution in [0.3, 0.4) is 0 Å². The maximum atomic E-state index is 12.4. The van der Waals surface area contributed by atoms with E-state index >= 15 is 0 Å². The minimum Gasteiger partial charge on any atom is -0.619 e. The molecule has 7 heteroatoms. The van der Waals surface area contributed by atoms with Gasteiger partial charge in [-0.3, -0.25) is 9.48 Å². The summed E-state index contributed by atoms with van der Waals surface area (Å²) in [7, 11) is 0. The Bertz CT molecular complexity index is 875. The van der Waals surface area contributed by atoms with Crippen molar-refractivity contribution >= 4 is 0 Å². The molecule has 0 unspecified atom stereocenters. The lowest BCUT2D eigenvalue weighted by atomic mass is 10.2. The summed E-state index contributed by atoms with van der Waals surface area (Å²) in [5, 5.41) is 14.5. The Morgan fingerprint density at radius 2 is 1.96 bits per heavy atom. The van der Waals surface area contributed by atoms with Crippen LogP contribution in [0.5, 0.6) is 0 Å². The molecule has 23 heavy (non-hydrogen) atoms. The molecule has 0 amide bonds. The highest BCUT2D eigenvalue weighted by molar-refractivity contribution is 5.64. The van der Waals surface area contributed by atoms with Crippen molar-refractivity contribution in [1.29, 1.82) is 0 Å². The van der Waals surface area contributed by atoms with E-state index in [1.165, 1.54) is 25.2 Å². The van der Waals surface area contributed by atoms with Gasteiger partial charge in [0.2, 0.25) is 0 Å². The van der Waals surface area contributed by atoms with Crippen molar-refractivity contribution in [3.63, 3.8) is 0 Å². The third-order valence-corrected chi connectivity index (χ3v) is 4.50. The fraction of sp³-hybridized carbons (Fsp3) is 0.375. The number of pyridine rings is 1. The smallest absolute Gasteiger partial charge is 0.284 e. The molecule has 2 aliphatic heterocycles. The highest BCUT2D eigenvalue weighted by Gasteiger charge is 2.26. The highest BCUT2D eigenvalue weighted by atomic mass is 16.5. The van der Waals surface area contributed by atoms with E-state index in [1.54, 1.807) is 12.1 Å². The lowest BCUT2D eigenvalue weighted by Gasteiger charge is -2.13. The molecule has 0 spiro atoms. The number of hydrogen-bond donors (Lipinski definition) is 1. The number of aromatic nitrogens is 5. The molecule has 118 valence electrons. The largest absolute Gasteiger partial charge is 0.619 e. The molecule has 1 saturated carbocycles. The molecule has 4 rings (SSSR count). The number of aromatic amines is 1. The van der Waals surface area contributed by atoms with E-state index in [2.05, 4.69) is 15.1 Å². The summed E-state index contributed by atoms with van der Waals surface area (Å²) >= 11 is 0. The second kappa shape index (κ2) is 5.19. The van der Waals surface area contributed by atoms with Crippen LogP contribution in [0.25, 0.3) is 22.8 Å². The maximum Gasteiger partial charge on any atom is 0.284 e.